The first kappa shape index (κ1) is 55.9. The maximum Gasteiger partial charge on any atom is 0.335 e. The summed E-state index contributed by atoms with van der Waals surface area (Å²) in [4.78, 5) is 31.5. The minimum Gasteiger partial charge on any atom is -0.479 e. The molecule has 0 aromatic rings. The Morgan fingerprint density at radius 3 is 1.60 bits per heavy atom. The summed E-state index contributed by atoms with van der Waals surface area (Å²) >= 11 is 0. The topological polar surface area (TPSA) is 403 Å². The number of aliphatic hydroxyl groups excluding tert-OH is 5. The highest BCUT2D eigenvalue weighted by atomic mass is 16.8. The Labute approximate surface area is 385 Å². The zero-order valence-electron chi connectivity index (χ0n) is 38.6. The minimum atomic E-state index is -1.50. The van der Waals surface area contributed by atoms with E-state index in [0.29, 0.717) is 0 Å². The molecule has 25 atom stereocenters. The fraction of sp³-hybridized carbons (Fsp3) is 0.949. The summed E-state index contributed by atoms with van der Waals surface area (Å²) < 4.78 is 62.2. The lowest BCUT2D eigenvalue weighted by molar-refractivity contribution is -0.381. The normalized spacial score (nSPS) is 45.4. The van der Waals surface area contributed by atoms with Crippen LogP contribution in [0.4, 0.5) is 0 Å². The Bertz CT molecular complexity index is 1750. The van der Waals surface area contributed by atoms with Crippen molar-refractivity contribution in [2.24, 2.45) is 50.9 Å². The summed E-state index contributed by atoms with van der Waals surface area (Å²) in [5.74, 6) is -2.73. The molecule has 0 amide bonds. The number of aliphatic hydroxyl groups is 5. The van der Waals surface area contributed by atoms with Crippen molar-refractivity contribution in [3.8, 4) is 0 Å². The summed E-state index contributed by atoms with van der Waals surface area (Å²) in [5.41, 5.74) is 27.0. The molecule has 0 aliphatic carbocycles. The number of nitrogens with zero attached hydrogens (tertiary/aromatic N) is 9. The molecular weight excluding hydrogens is 898 g/mol. The SMILES string of the molecule is CC1[C@H](C)O[C@@H](C(=O)O)[C@@H](O[C@H]2O[C@@H](CO)[C@@H](C)[C@H](C)C2N=[N+]=[N-])[C@@H]1C.CO[C@H]1OC(CO)[C@@H](O[C@@H]2OC(OC=O)[C@@H](O[C@H]3OC(CO)[C@@H](OC)[C@H](O)C3N=[N+]=[N-])[C@H](C)C2O)[C@H](C)C1N=[N+]=[N-]. The second kappa shape index (κ2) is 25.8. The number of carboxylic acid groups (broad SMARTS) is 1. The number of hydrogen-bond acceptors (Lipinski definition) is 21. The van der Waals surface area contributed by atoms with E-state index in [0.717, 1.165) is 0 Å². The number of aliphatic carboxylic acids is 1. The van der Waals surface area contributed by atoms with Crippen LogP contribution in [0.5, 0.6) is 0 Å². The molecule has 28 nitrogen and oxygen atoms in total. The van der Waals surface area contributed by atoms with Crippen molar-refractivity contribution < 1.29 is 92.3 Å². The molecule has 67 heavy (non-hydrogen) atoms. The van der Waals surface area contributed by atoms with Crippen molar-refractivity contribution in [2.75, 3.05) is 34.0 Å². The van der Waals surface area contributed by atoms with Crippen LogP contribution in [-0.4, -0.2) is 194 Å². The number of azide groups is 3. The van der Waals surface area contributed by atoms with Crippen molar-refractivity contribution >= 4 is 12.4 Å². The first-order valence-electron chi connectivity index (χ1n) is 21.9. The molecule has 0 aromatic heterocycles. The predicted octanol–water partition coefficient (Wildman–Crippen LogP) is 1.24. The summed E-state index contributed by atoms with van der Waals surface area (Å²) in [6.07, 6.45) is -17.0. The van der Waals surface area contributed by atoms with Crippen molar-refractivity contribution in [1.82, 2.24) is 0 Å². The third-order valence-corrected chi connectivity index (χ3v) is 13.7. The Balaban J connectivity index is 0.000000324. The molecule has 6 N–H and O–H groups in total. The smallest absolute Gasteiger partial charge is 0.335 e. The molecule has 0 bridgehead atoms. The average Bonchev–Trinajstić information content (AvgIpc) is 3.31. The molecule has 28 heteroatoms. The quantitative estimate of drug-likeness (QED) is 0.0517. The van der Waals surface area contributed by atoms with Gasteiger partial charge in [0.1, 0.15) is 42.7 Å². The Hall–Kier alpha value is -3.73. The number of carboxylic acids is 1. The highest BCUT2D eigenvalue weighted by Gasteiger charge is 2.54. The van der Waals surface area contributed by atoms with Crippen LogP contribution < -0.4 is 0 Å². The number of carbonyl (C=O) groups excluding carboxylic acids is 1. The van der Waals surface area contributed by atoms with Gasteiger partial charge in [-0.1, -0.05) is 56.9 Å². The third-order valence-electron chi connectivity index (χ3n) is 13.7. The standard InChI is InChI=1S/C22H36N6O13.C17H29N3O6/c1-8-12(25-27-23)19(35-4)37-10(5-29)16(8)39-21-14(32)9(2)17(22(41-21)36-7-31)40-20-13(26-28-24)15(33)18(34-3)11(6-30)38-20;1-7-10(4)14(15(16(22)23)24-11(7)5)26-17-13(19-20-18)9(3)8(2)12(6-21)25-17/h7-22,29-30,32-33H,5-6H2,1-4H3;7-15,17,21H,6H2,1-5H3,(H,22,23)/t8-,9-,10?,11?,12?,13?,14?,15-,16+,17+,18-,19+,20-,21-,22?;7?,8-,9-,10+,11-,12-,13?,14-,15+,17+/m10/s1. The van der Waals surface area contributed by atoms with Crippen LogP contribution >= 0.6 is 0 Å². The van der Waals surface area contributed by atoms with Gasteiger partial charge in [0.2, 0.25) is 6.29 Å². The molecule has 0 spiro atoms. The fourth-order valence-corrected chi connectivity index (χ4v) is 9.08. The zero-order chi connectivity index (χ0) is 49.9. The van der Waals surface area contributed by atoms with Gasteiger partial charge in [0, 0.05) is 34.9 Å². The first-order valence-corrected chi connectivity index (χ1v) is 21.9. The molecular formula is C39H65N9O19. The number of carbonyl (C=O) groups is 2. The minimum absolute atomic E-state index is 0.0374. The molecule has 380 valence electrons. The molecule has 8 unspecified atom stereocenters. The van der Waals surface area contributed by atoms with Crippen LogP contribution in [0.2, 0.25) is 0 Å². The van der Waals surface area contributed by atoms with Crippen LogP contribution in [0.3, 0.4) is 0 Å². The van der Waals surface area contributed by atoms with Crippen LogP contribution in [-0.2, 0) is 61.7 Å². The zero-order valence-corrected chi connectivity index (χ0v) is 38.6. The third kappa shape index (κ3) is 12.5. The second-order valence-electron chi connectivity index (χ2n) is 17.3. The lowest BCUT2D eigenvalue weighted by Gasteiger charge is -2.48. The summed E-state index contributed by atoms with van der Waals surface area (Å²) in [6, 6.07) is -2.81. The predicted molar refractivity (Wildman–Crippen MR) is 223 cm³/mol. The first-order chi connectivity index (χ1) is 31.9. The summed E-state index contributed by atoms with van der Waals surface area (Å²) in [7, 11) is 2.63. The molecule has 5 rings (SSSR count). The maximum absolute atomic E-state index is 11.7. The van der Waals surface area contributed by atoms with Gasteiger partial charge >= 0.3 is 5.97 Å². The van der Waals surface area contributed by atoms with Crippen molar-refractivity contribution in [3.63, 3.8) is 0 Å². The van der Waals surface area contributed by atoms with Crippen molar-refractivity contribution in [2.45, 2.75) is 165 Å². The van der Waals surface area contributed by atoms with E-state index in [1.54, 1.807) is 6.92 Å². The van der Waals surface area contributed by atoms with Gasteiger partial charge in [-0.3, -0.25) is 4.79 Å². The number of ether oxygens (including phenoxy) is 11. The van der Waals surface area contributed by atoms with Gasteiger partial charge in [-0.25, -0.2) is 4.79 Å². The van der Waals surface area contributed by atoms with Crippen LogP contribution in [0.15, 0.2) is 15.3 Å². The van der Waals surface area contributed by atoms with Gasteiger partial charge in [-0.15, -0.1) is 0 Å². The molecule has 5 saturated heterocycles. The van der Waals surface area contributed by atoms with Crippen molar-refractivity contribution in [3.05, 3.63) is 31.3 Å². The van der Waals surface area contributed by atoms with E-state index in [4.69, 9.17) is 68.7 Å². The number of hydrogen-bond donors (Lipinski definition) is 6. The lowest BCUT2D eigenvalue weighted by Crippen LogP contribution is -2.63. The van der Waals surface area contributed by atoms with Gasteiger partial charge in [0.05, 0.1) is 56.3 Å². The molecule has 5 heterocycles. The van der Waals surface area contributed by atoms with Crippen LogP contribution in [0, 0.1) is 35.5 Å². The second-order valence-corrected chi connectivity index (χ2v) is 17.3. The molecule has 0 aromatic carbocycles. The van der Waals surface area contributed by atoms with E-state index < -0.39 is 142 Å². The molecule has 0 radical (unpaired) electrons. The Morgan fingerprint density at radius 1 is 0.552 bits per heavy atom. The number of methoxy groups -OCH3 is 2. The fourth-order valence-electron chi connectivity index (χ4n) is 9.08. The summed E-state index contributed by atoms with van der Waals surface area (Å²) in [5, 5.41) is 71.8. The highest BCUT2D eigenvalue weighted by molar-refractivity contribution is 5.73. The Morgan fingerprint density at radius 2 is 1.06 bits per heavy atom. The molecule has 0 saturated carbocycles. The van der Waals surface area contributed by atoms with E-state index in [1.165, 1.54) is 21.1 Å². The molecule has 5 aliphatic rings. The van der Waals surface area contributed by atoms with E-state index in [1.807, 2.05) is 34.6 Å². The van der Waals surface area contributed by atoms with E-state index in [9.17, 15) is 40.2 Å². The monoisotopic (exact) mass is 963 g/mol. The van der Waals surface area contributed by atoms with E-state index in [-0.39, 0.29) is 42.9 Å². The number of rotatable bonds is 17. The molecule has 5 fully saturated rings. The Kier molecular flexibility index (Phi) is 21.5. The lowest BCUT2D eigenvalue weighted by atomic mass is 9.80. The van der Waals surface area contributed by atoms with Gasteiger partial charge in [0.15, 0.2) is 31.3 Å². The highest BCUT2D eigenvalue weighted by Crippen LogP contribution is 2.40. The average molecular weight is 964 g/mol. The summed E-state index contributed by atoms with van der Waals surface area (Å²) in [6.45, 7) is 11.6. The van der Waals surface area contributed by atoms with Crippen LogP contribution in [0.25, 0.3) is 31.3 Å². The van der Waals surface area contributed by atoms with Gasteiger partial charge in [-0.05, 0) is 53.1 Å². The molecule has 5 aliphatic heterocycles. The van der Waals surface area contributed by atoms with E-state index in [2.05, 4.69) is 30.1 Å². The van der Waals surface area contributed by atoms with Crippen LogP contribution in [0.1, 0.15) is 48.5 Å². The maximum atomic E-state index is 11.7. The van der Waals surface area contributed by atoms with Crippen molar-refractivity contribution in [1.29, 1.82) is 0 Å². The van der Waals surface area contributed by atoms with Gasteiger partial charge < -0.3 is 82.7 Å². The van der Waals surface area contributed by atoms with E-state index >= 15 is 0 Å². The van der Waals surface area contributed by atoms with Gasteiger partial charge in [0.25, 0.3) is 6.47 Å². The van der Waals surface area contributed by atoms with Gasteiger partial charge in [-0.2, -0.15) is 0 Å². The largest absolute Gasteiger partial charge is 0.479 e.